The van der Waals surface area contributed by atoms with Crippen LogP contribution in [0, 0.1) is 13.8 Å². The lowest BCUT2D eigenvalue weighted by molar-refractivity contribution is 0.318. The van der Waals surface area contributed by atoms with Gasteiger partial charge >= 0.3 is 0 Å². The molecule has 1 aromatic carbocycles. The molecule has 3 aromatic rings. The van der Waals surface area contributed by atoms with Crippen molar-refractivity contribution in [2.75, 3.05) is 0 Å². The molecule has 7 nitrogen and oxygen atoms in total. The molecule has 0 amide bonds. The summed E-state index contributed by atoms with van der Waals surface area (Å²) in [5.41, 5.74) is 8.73. The molecule has 0 aliphatic heterocycles. The van der Waals surface area contributed by atoms with E-state index in [0.717, 1.165) is 22.2 Å². The summed E-state index contributed by atoms with van der Waals surface area (Å²) in [6.45, 7) is 3.67. The van der Waals surface area contributed by atoms with Crippen LogP contribution in [0.4, 0.5) is 0 Å². The third kappa shape index (κ3) is 1.99. The van der Waals surface area contributed by atoms with Crippen molar-refractivity contribution in [1.82, 2.24) is 20.0 Å². The first-order valence-electron chi connectivity index (χ1n) is 6.38. The van der Waals surface area contributed by atoms with E-state index in [1.54, 1.807) is 10.9 Å². The van der Waals surface area contributed by atoms with Gasteiger partial charge in [-0.15, -0.1) is 5.10 Å². The molecule has 2 heterocycles. The smallest absolute Gasteiger partial charge is 0.187 e. The second kappa shape index (κ2) is 4.86. The molecule has 2 aromatic heterocycles. The van der Waals surface area contributed by atoms with Gasteiger partial charge in [-0.25, -0.2) is 4.68 Å². The maximum absolute atomic E-state index is 9.02. The van der Waals surface area contributed by atoms with Gasteiger partial charge in [0.05, 0.1) is 23.0 Å². The van der Waals surface area contributed by atoms with Crippen LogP contribution in [0.2, 0.25) is 0 Å². The molecule has 0 saturated carbocycles. The van der Waals surface area contributed by atoms with Gasteiger partial charge < -0.3 is 10.9 Å². The molecule has 0 bridgehead atoms. The van der Waals surface area contributed by atoms with Crippen LogP contribution in [0.1, 0.15) is 16.8 Å². The lowest BCUT2D eigenvalue weighted by Gasteiger charge is -2.12. The Kier molecular flexibility index (Phi) is 3.02. The quantitative estimate of drug-likeness (QED) is 0.321. The van der Waals surface area contributed by atoms with Gasteiger partial charge in [-0.3, -0.25) is 0 Å². The third-order valence-electron chi connectivity index (χ3n) is 3.48. The molecule has 0 aliphatic carbocycles. The zero-order valence-electron chi connectivity index (χ0n) is 11.6. The van der Waals surface area contributed by atoms with Crippen molar-refractivity contribution in [2.45, 2.75) is 13.8 Å². The van der Waals surface area contributed by atoms with Gasteiger partial charge in [-0.2, -0.15) is 10.2 Å². The summed E-state index contributed by atoms with van der Waals surface area (Å²) in [7, 11) is 0. The van der Waals surface area contributed by atoms with Crippen molar-refractivity contribution in [3.05, 3.63) is 47.3 Å². The van der Waals surface area contributed by atoms with Crippen molar-refractivity contribution in [1.29, 1.82) is 0 Å². The summed E-state index contributed by atoms with van der Waals surface area (Å²) in [6.07, 6.45) is 1.74. The predicted octanol–water partition coefficient (Wildman–Crippen LogP) is 1.53. The standard InChI is InChI=1S/C14H14N6O/c1-8-9(2)17-18-14(12(8)13(15)19-21)20-11-6-4-3-5-10(11)7-16-20/h3-7,21H,1-2H3,(H2,15,19). The van der Waals surface area contributed by atoms with Gasteiger partial charge in [0, 0.05) is 5.39 Å². The van der Waals surface area contributed by atoms with Crippen molar-refractivity contribution in [3.8, 4) is 5.82 Å². The van der Waals surface area contributed by atoms with E-state index in [4.69, 9.17) is 10.9 Å². The molecular formula is C14H14N6O. The van der Waals surface area contributed by atoms with E-state index < -0.39 is 0 Å². The molecule has 0 aliphatic rings. The summed E-state index contributed by atoms with van der Waals surface area (Å²) in [5, 5.41) is 25.7. The molecule has 106 valence electrons. The second-order valence-corrected chi connectivity index (χ2v) is 4.71. The number of para-hydroxylation sites is 1. The third-order valence-corrected chi connectivity index (χ3v) is 3.48. The first-order valence-corrected chi connectivity index (χ1v) is 6.38. The van der Waals surface area contributed by atoms with Crippen molar-refractivity contribution in [2.24, 2.45) is 10.9 Å². The van der Waals surface area contributed by atoms with Crippen LogP contribution in [-0.4, -0.2) is 31.0 Å². The highest BCUT2D eigenvalue weighted by Gasteiger charge is 2.18. The summed E-state index contributed by atoms with van der Waals surface area (Å²) in [5.74, 6) is 0.426. The maximum atomic E-state index is 9.02. The molecule has 7 heteroatoms. The minimum absolute atomic E-state index is 0.0138. The lowest BCUT2D eigenvalue weighted by atomic mass is 10.1. The zero-order valence-corrected chi connectivity index (χ0v) is 11.6. The van der Waals surface area contributed by atoms with E-state index in [1.807, 2.05) is 38.1 Å². The van der Waals surface area contributed by atoms with Gasteiger partial charge in [0.15, 0.2) is 11.7 Å². The molecule has 3 rings (SSSR count). The SMILES string of the molecule is Cc1nnc(-n2ncc3ccccc32)c(C(N)=NO)c1C. The average molecular weight is 282 g/mol. The predicted molar refractivity (Wildman–Crippen MR) is 78.6 cm³/mol. The van der Waals surface area contributed by atoms with Gasteiger partial charge in [-0.05, 0) is 25.5 Å². The molecule has 21 heavy (non-hydrogen) atoms. The topological polar surface area (TPSA) is 102 Å². The van der Waals surface area contributed by atoms with E-state index in [9.17, 15) is 0 Å². The Morgan fingerprint density at radius 2 is 2.00 bits per heavy atom. The summed E-state index contributed by atoms with van der Waals surface area (Å²) < 4.78 is 1.64. The fourth-order valence-electron chi connectivity index (χ4n) is 2.24. The van der Waals surface area contributed by atoms with E-state index >= 15 is 0 Å². The number of benzene rings is 1. The number of amidine groups is 1. The minimum atomic E-state index is -0.0138. The number of fused-ring (bicyclic) bond motifs is 1. The number of oxime groups is 1. The van der Waals surface area contributed by atoms with Crippen LogP contribution in [0.5, 0.6) is 0 Å². The van der Waals surface area contributed by atoms with Crippen LogP contribution in [-0.2, 0) is 0 Å². The van der Waals surface area contributed by atoms with Gasteiger partial charge in [-0.1, -0.05) is 23.4 Å². The number of nitrogens with zero attached hydrogens (tertiary/aromatic N) is 5. The highest BCUT2D eigenvalue weighted by atomic mass is 16.4. The van der Waals surface area contributed by atoms with E-state index in [0.29, 0.717) is 11.4 Å². The van der Waals surface area contributed by atoms with Gasteiger partial charge in [0.2, 0.25) is 0 Å². The molecule has 0 spiro atoms. The Balaban J connectivity index is 2.35. The number of aromatic nitrogens is 4. The summed E-state index contributed by atoms with van der Waals surface area (Å²) in [4.78, 5) is 0. The van der Waals surface area contributed by atoms with Crippen LogP contribution >= 0.6 is 0 Å². The Morgan fingerprint density at radius 1 is 1.24 bits per heavy atom. The van der Waals surface area contributed by atoms with Crippen molar-refractivity contribution >= 4 is 16.7 Å². The maximum Gasteiger partial charge on any atom is 0.187 e. The van der Waals surface area contributed by atoms with E-state index in [2.05, 4.69) is 20.5 Å². The largest absolute Gasteiger partial charge is 0.409 e. The average Bonchev–Trinajstić information content (AvgIpc) is 2.93. The molecule has 0 fully saturated rings. The van der Waals surface area contributed by atoms with Gasteiger partial charge in [0.25, 0.3) is 0 Å². The molecule has 0 unspecified atom stereocenters. The van der Waals surface area contributed by atoms with E-state index in [-0.39, 0.29) is 5.84 Å². The highest BCUT2D eigenvalue weighted by Crippen LogP contribution is 2.21. The lowest BCUT2D eigenvalue weighted by Crippen LogP contribution is -2.21. The highest BCUT2D eigenvalue weighted by molar-refractivity contribution is 6.01. The minimum Gasteiger partial charge on any atom is -0.409 e. The molecule has 0 saturated heterocycles. The molecule has 0 radical (unpaired) electrons. The molecular weight excluding hydrogens is 268 g/mol. The first-order chi connectivity index (χ1) is 10.1. The van der Waals surface area contributed by atoms with Crippen LogP contribution in [0.15, 0.2) is 35.6 Å². The molecule has 3 N–H and O–H groups in total. The Labute approximate surface area is 120 Å². The van der Waals surface area contributed by atoms with Crippen LogP contribution in [0.3, 0.4) is 0 Å². The Hall–Kier alpha value is -2.96. The number of aryl methyl sites for hydroxylation is 1. The van der Waals surface area contributed by atoms with Crippen molar-refractivity contribution in [3.63, 3.8) is 0 Å². The second-order valence-electron chi connectivity index (χ2n) is 4.71. The number of rotatable bonds is 2. The monoisotopic (exact) mass is 282 g/mol. The number of hydrogen-bond acceptors (Lipinski definition) is 5. The first kappa shape index (κ1) is 13.0. The number of nitrogens with two attached hydrogens (primary N) is 1. The summed E-state index contributed by atoms with van der Waals surface area (Å²) >= 11 is 0. The molecule has 0 atom stereocenters. The van der Waals surface area contributed by atoms with Crippen molar-refractivity contribution < 1.29 is 5.21 Å². The Bertz CT molecular complexity index is 852. The van der Waals surface area contributed by atoms with Crippen LogP contribution < -0.4 is 5.73 Å². The summed E-state index contributed by atoms with van der Waals surface area (Å²) in [6, 6.07) is 7.73. The van der Waals surface area contributed by atoms with E-state index in [1.165, 1.54) is 0 Å². The normalized spacial score (nSPS) is 12.0. The van der Waals surface area contributed by atoms with Crippen LogP contribution in [0.25, 0.3) is 16.7 Å². The van der Waals surface area contributed by atoms with Gasteiger partial charge in [0.1, 0.15) is 0 Å². The fourth-order valence-corrected chi connectivity index (χ4v) is 2.24. The zero-order chi connectivity index (χ0) is 15.0. The Morgan fingerprint density at radius 3 is 2.76 bits per heavy atom. The fraction of sp³-hybridized carbons (Fsp3) is 0.143. The number of hydrogen-bond donors (Lipinski definition) is 2.